The number of amides is 1. The van der Waals surface area contributed by atoms with Crippen LogP contribution in [-0.4, -0.2) is 33.6 Å². The van der Waals surface area contributed by atoms with Crippen molar-refractivity contribution in [2.45, 2.75) is 25.3 Å². The van der Waals surface area contributed by atoms with E-state index in [1.807, 2.05) is 0 Å². The van der Waals surface area contributed by atoms with Crippen LogP contribution >= 0.6 is 0 Å². The molecular formula is C11H16N2O4. The molecule has 0 spiro atoms. The number of nitrogens with two attached hydrogens (primary N) is 1. The summed E-state index contributed by atoms with van der Waals surface area (Å²) in [6.45, 7) is 0.299. The average molecular weight is 240 g/mol. The lowest BCUT2D eigenvalue weighted by molar-refractivity contribution is -0.125. The Hall–Kier alpha value is -1.63. The van der Waals surface area contributed by atoms with Gasteiger partial charge in [0.25, 0.3) is 0 Å². The first kappa shape index (κ1) is 13.4. The summed E-state index contributed by atoms with van der Waals surface area (Å²) < 4.78 is 0. The molecule has 0 bridgehead atoms. The minimum atomic E-state index is -1.70. The Balaban J connectivity index is 2.35. The van der Waals surface area contributed by atoms with E-state index in [1.54, 1.807) is 12.1 Å². The van der Waals surface area contributed by atoms with E-state index in [9.17, 15) is 4.79 Å². The number of aromatic hydroxyl groups is 1. The fraction of sp³-hybridized carbons (Fsp3) is 0.364. The molecule has 0 aromatic heterocycles. The molecule has 0 aliphatic heterocycles. The van der Waals surface area contributed by atoms with Gasteiger partial charge in [0, 0.05) is 13.0 Å². The van der Waals surface area contributed by atoms with Crippen LogP contribution in [-0.2, 0) is 11.3 Å². The van der Waals surface area contributed by atoms with Gasteiger partial charge in [0.2, 0.25) is 5.91 Å². The standard InChI is InChI=1S/C11H16N2O4/c12-9(11(16)17)5-10(15)13-6-7-1-3-8(14)4-2-7/h1-4,9,11,14,16-17H,5-6,12H2,(H,13,15)/t9-/m0/s1. The summed E-state index contributed by atoms with van der Waals surface area (Å²) in [5.74, 6) is -0.204. The van der Waals surface area contributed by atoms with E-state index in [0.29, 0.717) is 6.54 Å². The monoisotopic (exact) mass is 240 g/mol. The number of rotatable bonds is 5. The Kier molecular flexibility index (Phi) is 4.89. The summed E-state index contributed by atoms with van der Waals surface area (Å²) in [5.41, 5.74) is 6.14. The summed E-state index contributed by atoms with van der Waals surface area (Å²) in [6.07, 6.45) is -1.86. The maximum absolute atomic E-state index is 11.3. The van der Waals surface area contributed by atoms with Crippen LogP contribution < -0.4 is 11.1 Å². The molecule has 6 heteroatoms. The van der Waals surface area contributed by atoms with Crippen molar-refractivity contribution in [2.75, 3.05) is 0 Å². The highest BCUT2D eigenvalue weighted by molar-refractivity contribution is 5.76. The number of aliphatic hydroxyl groups excluding tert-OH is 1. The average Bonchev–Trinajstić information content (AvgIpc) is 2.28. The van der Waals surface area contributed by atoms with Gasteiger partial charge in [-0.05, 0) is 17.7 Å². The van der Waals surface area contributed by atoms with Gasteiger partial charge in [-0.3, -0.25) is 4.79 Å². The third-order valence-corrected chi connectivity index (χ3v) is 2.23. The molecule has 1 aromatic rings. The molecule has 1 amide bonds. The lowest BCUT2D eigenvalue weighted by atomic mass is 10.2. The van der Waals surface area contributed by atoms with Gasteiger partial charge in [0.1, 0.15) is 5.75 Å². The Morgan fingerprint density at radius 1 is 1.29 bits per heavy atom. The SMILES string of the molecule is N[C@@H](CC(=O)NCc1ccc(O)cc1)C(O)O. The van der Waals surface area contributed by atoms with Gasteiger partial charge >= 0.3 is 0 Å². The number of hydrogen-bond acceptors (Lipinski definition) is 5. The first-order chi connectivity index (χ1) is 7.99. The number of hydrogen-bond donors (Lipinski definition) is 5. The van der Waals surface area contributed by atoms with Crippen molar-refractivity contribution >= 4 is 5.91 Å². The second-order valence-electron chi connectivity index (χ2n) is 3.72. The number of benzene rings is 1. The Morgan fingerprint density at radius 3 is 2.41 bits per heavy atom. The van der Waals surface area contributed by atoms with E-state index < -0.39 is 12.3 Å². The highest BCUT2D eigenvalue weighted by Crippen LogP contribution is 2.09. The Labute approximate surface area is 98.7 Å². The maximum atomic E-state index is 11.3. The van der Waals surface area contributed by atoms with E-state index >= 15 is 0 Å². The summed E-state index contributed by atoms with van der Waals surface area (Å²) in [4.78, 5) is 11.3. The van der Waals surface area contributed by atoms with Crippen LogP contribution in [0.5, 0.6) is 5.75 Å². The molecule has 0 aliphatic carbocycles. The first-order valence-corrected chi connectivity index (χ1v) is 5.15. The smallest absolute Gasteiger partial charge is 0.222 e. The largest absolute Gasteiger partial charge is 0.508 e. The lowest BCUT2D eigenvalue weighted by Gasteiger charge is -2.13. The van der Waals surface area contributed by atoms with Gasteiger partial charge in [-0.1, -0.05) is 12.1 Å². The maximum Gasteiger partial charge on any atom is 0.222 e. The molecule has 6 N–H and O–H groups in total. The zero-order valence-corrected chi connectivity index (χ0v) is 9.21. The quantitative estimate of drug-likeness (QED) is 0.425. The van der Waals surface area contributed by atoms with Crippen molar-refractivity contribution in [2.24, 2.45) is 5.73 Å². The molecule has 0 saturated heterocycles. The van der Waals surface area contributed by atoms with Crippen LogP contribution in [0.25, 0.3) is 0 Å². The molecule has 17 heavy (non-hydrogen) atoms. The van der Waals surface area contributed by atoms with Crippen molar-refractivity contribution in [3.8, 4) is 5.75 Å². The minimum absolute atomic E-state index is 0.157. The highest BCUT2D eigenvalue weighted by Gasteiger charge is 2.15. The predicted octanol–water partition coefficient (Wildman–Crippen LogP) is -0.964. The second-order valence-corrected chi connectivity index (χ2v) is 3.72. The predicted molar refractivity (Wildman–Crippen MR) is 60.8 cm³/mol. The van der Waals surface area contributed by atoms with E-state index in [0.717, 1.165) is 5.56 Å². The van der Waals surface area contributed by atoms with Gasteiger partial charge in [-0.15, -0.1) is 0 Å². The first-order valence-electron chi connectivity index (χ1n) is 5.15. The Bertz CT molecular complexity index is 364. The van der Waals surface area contributed by atoms with Crippen LogP contribution in [0.2, 0.25) is 0 Å². The van der Waals surface area contributed by atoms with Gasteiger partial charge < -0.3 is 26.4 Å². The molecule has 1 atom stereocenters. The number of nitrogens with one attached hydrogen (secondary N) is 1. The molecule has 0 saturated carbocycles. The molecule has 1 rings (SSSR count). The Morgan fingerprint density at radius 2 is 1.88 bits per heavy atom. The van der Waals surface area contributed by atoms with Crippen molar-refractivity contribution < 1.29 is 20.1 Å². The number of carbonyl (C=O) groups is 1. The fourth-order valence-electron chi connectivity index (χ4n) is 1.21. The van der Waals surface area contributed by atoms with Crippen LogP contribution in [0.15, 0.2) is 24.3 Å². The van der Waals surface area contributed by atoms with Gasteiger partial charge in [0.15, 0.2) is 6.29 Å². The summed E-state index contributed by atoms with van der Waals surface area (Å²) in [7, 11) is 0. The van der Waals surface area contributed by atoms with Gasteiger partial charge in [0.05, 0.1) is 6.04 Å². The van der Waals surface area contributed by atoms with Crippen molar-refractivity contribution in [3.05, 3.63) is 29.8 Å². The normalized spacial score (nSPS) is 12.5. The zero-order valence-electron chi connectivity index (χ0n) is 9.21. The van der Waals surface area contributed by atoms with Crippen molar-refractivity contribution in [1.82, 2.24) is 5.32 Å². The molecule has 1 aromatic carbocycles. The molecular weight excluding hydrogens is 224 g/mol. The summed E-state index contributed by atoms with van der Waals surface area (Å²) in [5, 5.41) is 29.1. The van der Waals surface area contributed by atoms with Gasteiger partial charge in [-0.2, -0.15) is 0 Å². The number of carbonyl (C=O) groups excluding carboxylic acids is 1. The number of phenolic OH excluding ortho intramolecular Hbond substituents is 1. The van der Waals surface area contributed by atoms with Crippen molar-refractivity contribution in [3.63, 3.8) is 0 Å². The van der Waals surface area contributed by atoms with Crippen LogP contribution in [0.4, 0.5) is 0 Å². The van der Waals surface area contributed by atoms with Crippen LogP contribution in [0, 0.1) is 0 Å². The summed E-state index contributed by atoms with van der Waals surface area (Å²) in [6, 6.07) is 5.40. The highest BCUT2D eigenvalue weighted by atomic mass is 16.5. The number of aliphatic hydroxyl groups is 2. The number of phenols is 1. The van der Waals surface area contributed by atoms with Crippen LogP contribution in [0.1, 0.15) is 12.0 Å². The van der Waals surface area contributed by atoms with E-state index in [2.05, 4.69) is 5.32 Å². The molecule has 0 fully saturated rings. The molecule has 0 unspecified atom stereocenters. The van der Waals surface area contributed by atoms with Crippen LogP contribution in [0.3, 0.4) is 0 Å². The van der Waals surface area contributed by atoms with Gasteiger partial charge in [-0.25, -0.2) is 0 Å². The minimum Gasteiger partial charge on any atom is -0.508 e. The van der Waals surface area contributed by atoms with E-state index in [-0.39, 0.29) is 18.1 Å². The van der Waals surface area contributed by atoms with E-state index in [4.69, 9.17) is 21.1 Å². The molecule has 0 heterocycles. The molecule has 0 radical (unpaired) electrons. The molecule has 94 valence electrons. The molecule has 0 aliphatic rings. The summed E-state index contributed by atoms with van der Waals surface area (Å²) >= 11 is 0. The topological polar surface area (TPSA) is 116 Å². The second kappa shape index (κ2) is 6.19. The lowest BCUT2D eigenvalue weighted by Crippen LogP contribution is -2.39. The molecule has 6 nitrogen and oxygen atoms in total. The van der Waals surface area contributed by atoms with E-state index in [1.165, 1.54) is 12.1 Å². The zero-order chi connectivity index (χ0) is 12.8. The van der Waals surface area contributed by atoms with Crippen molar-refractivity contribution in [1.29, 1.82) is 0 Å². The fourth-order valence-corrected chi connectivity index (χ4v) is 1.21. The third-order valence-electron chi connectivity index (χ3n) is 2.23. The third kappa shape index (κ3) is 4.81.